The van der Waals surface area contributed by atoms with E-state index in [0.717, 1.165) is 51.9 Å². The fourth-order valence-corrected chi connectivity index (χ4v) is 5.60. The van der Waals surface area contributed by atoms with Gasteiger partial charge in [0.25, 0.3) is 5.91 Å². The van der Waals surface area contributed by atoms with E-state index >= 15 is 0 Å². The molecule has 0 spiro atoms. The number of phenols is 1. The highest BCUT2D eigenvalue weighted by atomic mass is 32.2. The molecule has 5 rings (SSSR count). The van der Waals surface area contributed by atoms with Crippen molar-refractivity contribution in [1.82, 2.24) is 20.3 Å². The number of hydrogen-bond acceptors (Lipinski definition) is 8. The van der Waals surface area contributed by atoms with Crippen LogP contribution < -0.4 is 10.2 Å². The highest BCUT2D eigenvalue weighted by Crippen LogP contribution is 2.35. The largest absolute Gasteiger partial charge is 0.508 e. The molecule has 1 aliphatic rings. The fourth-order valence-electron chi connectivity index (χ4n) is 3.78. The number of carbonyl (C=O) groups excluding carboxylic acids is 1. The van der Waals surface area contributed by atoms with E-state index in [0.29, 0.717) is 24.4 Å². The second-order valence-electron chi connectivity index (χ2n) is 7.69. The van der Waals surface area contributed by atoms with Crippen molar-refractivity contribution < 1.29 is 9.90 Å². The summed E-state index contributed by atoms with van der Waals surface area (Å²) in [6, 6.07) is 12.7. The molecular formula is C24H23N5O2S2. The molecule has 1 saturated heterocycles. The van der Waals surface area contributed by atoms with E-state index in [4.69, 9.17) is 9.97 Å². The molecule has 33 heavy (non-hydrogen) atoms. The van der Waals surface area contributed by atoms with Gasteiger partial charge in [-0.3, -0.25) is 9.78 Å². The van der Waals surface area contributed by atoms with Gasteiger partial charge in [-0.05, 0) is 36.2 Å². The van der Waals surface area contributed by atoms with Crippen molar-refractivity contribution in [2.75, 3.05) is 36.0 Å². The highest BCUT2D eigenvalue weighted by Gasteiger charge is 2.24. The molecule has 0 unspecified atom stereocenters. The number of aromatic nitrogens is 3. The molecule has 168 valence electrons. The topological polar surface area (TPSA) is 91.2 Å². The first kappa shape index (κ1) is 21.7. The van der Waals surface area contributed by atoms with E-state index in [2.05, 4.69) is 15.2 Å². The summed E-state index contributed by atoms with van der Waals surface area (Å²) in [5.41, 5.74) is 2.39. The first-order chi connectivity index (χ1) is 16.2. The Bertz CT molecular complexity index is 1260. The lowest BCUT2D eigenvalue weighted by atomic mass is 10.1. The number of thioether (sulfide) groups is 1. The lowest BCUT2D eigenvalue weighted by molar-refractivity contribution is 0.0956. The van der Waals surface area contributed by atoms with Crippen LogP contribution in [0.5, 0.6) is 5.75 Å². The van der Waals surface area contributed by atoms with E-state index in [1.807, 2.05) is 47.5 Å². The summed E-state index contributed by atoms with van der Waals surface area (Å²) < 4.78 is 0. The quantitative estimate of drug-likeness (QED) is 0.434. The van der Waals surface area contributed by atoms with E-state index in [1.54, 1.807) is 18.3 Å². The molecule has 2 N–H and O–H groups in total. The van der Waals surface area contributed by atoms with Crippen LogP contribution in [0.3, 0.4) is 0 Å². The Morgan fingerprint density at radius 3 is 2.67 bits per heavy atom. The van der Waals surface area contributed by atoms with Crippen molar-refractivity contribution >= 4 is 45.0 Å². The molecule has 0 saturated carbocycles. The first-order valence-corrected chi connectivity index (χ1v) is 12.8. The molecule has 0 radical (unpaired) electrons. The molecule has 1 fully saturated rings. The molecule has 0 bridgehead atoms. The number of hydrogen-bond donors (Lipinski definition) is 2. The van der Waals surface area contributed by atoms with Crippen LogP contribution in [0, 0.1) is 0 Å². The number of nitrogens with one attached hydrogen (secondary N) is 1. The number of rotatable bonds is 6. The van der Waals surface area contributed by atoms with Gasteiger partial charge in [0, 0.05) is 42.7 Å². The number of phenolic OH excluding ortho intramolecular Hbond substituents is 1. The van der Waals surface area contributed by atoms with Crippen LogP contribution in [0.15, 0.2) is 54.0 Å². The molecule has 1 amide bonds. The zero-order valence-electron chi connectivity index (χ0n) is 17.9. The van der Waals surface area contributed by atoms with Gasteiger partial charge in [0.1, 0.15) is 22.1 Å². The Morgan fingerprint density at radius 2 is 1.91 bits per heavy atom. The predicted octanol–water partition coefficient (Wildman–Crippen LogP) is 3.98. The molecule has 7 nitrogen and oxygen atoms in total. The summed E-state index contributed by atoms with van der Waals surface area (Å²) in [6.07, 6.45) is 2.42. The van der Waals surface area contributed by atoms with Crippen LogP contribution in [0.2, 0.25) is 0 Å². The normalized spacial score (nSPS) is 13.9. The van der Waals surface area contributed by atoms with Crippen molar-refractivity contribution in [3.8, 4) is 17.3 Å². The maximum atomic E-state index is 13.1. The third kappa shape index (κ3) is 4.79. The molecule has 0 aliphatic carbocycles. The molecule has 4 heterocycles. The Labute approximate surface area is 199 Å². The van der Waals surface area contributed by atoms with Gasteiger partial charge in [0.2, 0.25) is 0 Å². The number of benzene rings is 1. The van der Waals surface area contributed by atoms with Gasteiger partial charge >= 0.3 is 0 Å². The number of carbonyl (C=O) groups is 1. The van der Waals surface area contributed by atoms with Crippen LogP contribution in [0.4, 0.5) is 5.82 Å². The second-order valence-corrected chi connectivity index (χ2v) is 9.77. The van der Waals surface area contributed by atoms with E-state index < -0.39 is 0 Å². The first-order valence-electron chi connectivity index (χ1n) is 10.8. The average Bonchev–Trinajstić information content (AvgIpc) is 3.30. The van der Waals surface area contributed by atoms with Crippen molar-refractivity contribution in [1.29, 1.82) is 0 Å². The molecule has 3 aromatic heterocycles. The van der Waals surface area contributed by atoms with Gasteiger partial charge in [0.15, 0.2) is 5.82 Å². The summed E-state index contributed by atoms with van der Waals surface area (Å²) >= 11 is 3.39. The van der Waals surface area contributed by atoms with Gasteiger partial charge in [-0.2, -0.15) is 11.8 Å². The minimum atomic E-state index is -0.123. The SMILES string of the molecule is O=C(NCCc1ccc(O)cc1)c1csc2nc(-c3ccccn3)nc(N3CCSCC3)c12. The third-order valence-corrected chi connectivity index (χ3v) is 7.31. The van der Waals surface area contributed by atoms with E-state index in [9.17, 15) is 9.90 Å². The molecule has 4 aromatic rings. The number of amides is 1. The van der Waals surface area contributed by atoms with Crippen molar-refractivity contribution in [2.45, 2.75) is 6.42 Å². The lowest BCUT2D eigenvalue weighted by Crippen LogP contribution is -2.34. The predicted molar refractivity (Wildman–Crippen MR) is 134 cm³/mol. The van der Waals surface area contributed by atoms with Gasteiger partial charge in [-0.15, -0.1) is 11.3 Å². The van der Waals surface area contributed by atoms with Crippen molar-refractivity contribution in [3.63, 3.8) is 0 Å². The van der Waals surface area contributed by atoms with Crippen LogP contribution >= 0.6 is 23.1 Å². The number of pyridine rings is 1. The van der Waals surface area contributed by atoms with Crippen molar-refractivity contribution in [2.24, 2.45) is 0 Å². The zero-order chi connectivity index (χ0) is 22.6. The summed E-state index contributed by atoms with van der Waals surface area (Å²) in [5.74, 6) is 3.57. The van der Waals surface area contributed by atoms with Crippen molar-refractivity contribution in [3.05, 3.63) is 65.2 Å². The third-order valence-electron chi connectivity index (χ3n) is 5.50. The van der Waals surface area contributed by atoms with Crippen LogP contribution in [0.1, 0.15) is 15.9 Å². The molecule has 0 atom stereocenters. The molecule has 9 heteroatoms. The van der Waals surface area contributed by atoms with Gasteiger partial charge in [-0.1, -0.05) is 18.2 Å². The lowest BCUT2D eigenvalue weighted by Gasteiger charge is -2.28. The maximum absolute atomic E-state index is 13.1. The summed E-state index contributed by atoms with van der Waals surface area (Å²) in [7, 11) is 0. The molecule has 1 aromatic carbocycles. The smallest absolute Gasteiger partial charge is 0.252 e. The van der Waals surface area contributed by atoms with Crippen LogP contribution in [0.25, 0.3) is 21.7 Å². The minimum Gasteiger partial charge on any atom is -0.508 e. The fraction of sp³-hybridized carbons (Fsp3) is 0.250. The van der Waals surface area contributed by atoms with Gasteiger partial charge < -0.3 is 15.3 Å². The Balaban J connectivity index is 1.45. The Hall–Kier alpha value is -3.17. The Morgan fingerprint density at radius 1 is 1.09 bits per heavy atom. The van der Waals surface area contributed by atoms with Crippen LogP contribution in [-0.2, 0) is 6.42 Å². The number of anilines is 1. The number of aromatic hydroxyl groups is 1. The summed E-state index contributed by atoms with van der Waals surface area (Å²) in [4.78, 5) is 30.2. The summed E-state index contributed by atoms with van der Waals surface area (Å²) in [5, 5.41) is 15.2. The molecular weight excluding hydrogens is 454 g/mol. The standard InChI is InChI=1S/C24H23N5O2S2/c30-17-6-4-16(5-7-17)8-10-26-23(31)18-15-33-24-20(18)22(29-11-13-32-14-12-29)27-21(28-24)19-3-1-2-9-25-19/h1-7,9,15,30H,8,10-14H2,(H,26,31). The second kappa shape index (κ2) is 9.76. The van der Waals surface area contributed by atoms with Crippen LogP contribution in [-0.4, -0.2) is 57.1 Å². The molecule has 1 aliphatic heterocycles. The Kier molecular flexibility index (Phi) is 6.41. The zero-order valence-corrected chi connectivity index (χ0v) is 19.5. The van der Waals surface area contributed by atoms with Gasteiger partial charge in [0.05, 0.1) is 10.9 Å². The van der Waals surface area contributed by atoms with E-state index in [1.165, 1.54) is 11.3 Å². The number of nitrogens with zero attached hydrogens (tertiary/aromatic N) is 4. The van der Waals surface area contributed by atoms with E-state index in [-0.39, 0.29) is 11.7 Å². The number of thiophene rings is 1. The maximum Gasteiger partial charge on any atom is 0.252 e. The monoisotopic (exact) mass is 477 g/mol. The number of fused-ring (bicyclic) bond motifs is 1. The minimum absolute atomic E-state index is 0.123. The summed E-state index contributed by atoms with van der Waals surface area (Å²) in [6.45, 7) is 2.27. The average molecular weight is 478 g/mol. The van der Waals surface area contributed by atoms with Gasteiger partial charge in [-0.25, -0.2) is 9.97 Å². The highest BCUT2D eigenvalue weighted by molar-refractivity contribution is 7.99.